The standard InChI is InChI=1S/C13H13F3N2O/c14-13(15,16)9-6-3-7-10-11(9)17-12(19)18(10)8-4-1-2-5-8/h3,6-8H,1-2,4-5H2,(H,17,19). The van der Waals surface area contributed by atoms with Crippen LogP contribution in [0, 0.1) is 0 Å². The zero-order valence-corrected chi connectivity index (χ0v) is 10.1. The SMILES string of the molecule is O=c1[nH]c2c(C(F)(F)F)cccc2n1C1CCCC1. The van der Waals surface area contributed by atoms with Crippen LogP contribution >= 0.6 is 0 Å². The number of aromatic amines is 1. The first-order chi connectivity index (χ1) is 8.98. The molecule has 0 unspecified atom stereocenters. The van der Waals surface area contributed by atoms with Crippen molar-refractivity contribution in [2.75, 3.05) is 0 Å². The Morgan fingerprint density at radius 1 is 1.21 bits per heavy atom. The minimum atomic E-state index is -4.45. The van der Waals surface area contributed by atoms with Crippen molar-refractivity contribution in [1.29, 1.82) is 0 Å². The van der Waals surface area contributed by atoms with E-state index in [0.717, 1.165) is 31.7 Å². The van der Waals surface area contributed by atoms with Crippen molar-refractivity contribution >= 4 is 11.0 Å². The van der Waals surface area contributed by atoms with Crippen LogP contribution in [0.15, 0.2) is 23.0 Å². The van der Waals surface area contributed by atoms with Crippen LogP contribution < -0.4 is 5.69 Å². The van der Waals surface area contributed by atoms with E-state index in [1.165, 1.54) is 10.6 Å². The summed E-state index contributed by atoms with van der Waals surface area (Å²) in [5, 5.41) is 0. The van der Waals surface area contributed by atoms with Crippen LogP contribution in [0.25, 0.3) is 11.0 Å². The van der Waals surface area contributed by atoms with Gasteiger partial charge in [0.25, 0.3) is 0 Å². The molecule has 1 aliphatic rings. The normalized spacial score (nSPS) is 17.4. The van der Waals surface area contributed by atoms with Gasteiger partial charge in [-0.05, 0) is 25.0 Å². The molecule has 0 saturated heterocycles. The van der Waals surface area contributed by atoms with Crippen molar-refractivity contribution in [1.82, 2.24) is 9.55 Å². The zero-order chi connectivity index (χ0) is 13.6. The van der Waals surface area contributed by atoms with E-state index in [0.29, 0.717) is 5.52 Å². The molecule has 1 heterocycles. The number of alkyl halides is 3. The van der Waals surface area contributed by atoms with E-state index in [1.807, 2.05) is 0 Å². The smallest absolute Gasteiger partial charge is 0.305 e. The zero-order valence-electron chi connectivity index (χ0n) is 10.1. The fourth-order valence-electron chi connectivity index (χ4n) is 2.91. The molecule has 1 aliphatic carbocycles. The first-order valence-electron chi connectivity index (χ1n) is 6.29. The van der Waals surface area contributed by atoms with Crippen molar-refractivity contribution < 1.29 is 13.2 Å². The third kappa shape index (κ3) is 1.95. The number of hydrogen-bond acceptors (Lipinski definition) is 1. The van der Waals surface area contributed by atoms with Crippen molar-refractivity contribution in [2.24, 2.45) is 0 Å². The molecule has 2 aromatic rings. The second-order valence-electron chi connectivity index (χ2n) is 4.94. The lowest BCUT2D eigenvalue weighted by Gasteiger charge is -2.12. The number of fused-ring (bicyclic) bond motifs is 1. The third-order valence-corrected chi connectivity index (χ3v) is 3.75. The quantitative estimate of drug-likeness (QED) is 0.846. The molecule has 19 heavy (non-hydrogen) atoms. The van der Waals surface area contributed by atoms with Crippen LogP contribution in [0.5, 0.6) is 0 Å². The van der Waals surface area contributed by atoms with E-state index in [-0.39, 0.29) is 11.6 Å². The third-order valence-electron chi connectivity index (χ3n) is 3.75. The second kappa shape index (κ2) is 4.15. The Bertz CT molecular complexity index is 663. The van der Waals surface area contributed by atoms with Gasteiger partial charge in [0.1, 0.15) is 0 Å². The summed E-state index contributed by atoms with van der Waals surface area (Å²) in [6.07, 6.45) is -0.720. The molecule has 6 heteroatoms. The van der Waals surface area contributed by atoms with E-state index in [9.17, 15) is 18.0 Å². The van der Waals surface area contributed by atoms with Gasteiger partial charge in [-0.15, -0.1) is 0 Å². The van der Waals surface area contributed by atoms with Gasteiger partial charge in [0, 0.05) is 6.04 Å². The summed E-state index contributed by atoms with van der Waals surface area (Å²) in [7, 11) is 0. The first kappa shape index (κ1) is 12.3. The molecule has 0 aliphatic heterocycles. The molecule has 1 saturated carbocycles. The summed E-state index contributed by atoms with van der Waals surface area (Å²) in [6.45, 7) is 0. The molecule has 1 aromatic carbocycles. The van der Waals surface area contributed by atoms with E-state index in [2.05, 4.69) is 4.98 Å². The summed E-state index contributed by atoms with van der Waals surface area (Å²) in [4.78, 5) is 14.3. The predicted octanol–water partition coefficient (Wildman–Crippen LogP) is 3.46. The van der Waals surface area contributed by atoms with Gasteiger partial charge in [0.2, 0.25) is 0 Å². The minimum Gasteiger partial charge on any atom is -0.305 e. The number of para-hydroxylation sites is 1. The first-order valence-corrected chi connectivity index (χ1v) is 6.29. The molecule has 1 aromatic heterocycles. The topological polar surface area (TPSA) is 37.8 Å². The molecule has 0 amide bonds. The Labute approximate surface area is 107 Å². The van der Waals surface area contributed by atoms with E-state index in [4.69, 9.17) is 0 Å². The lowest BCUT2D eigenvalue weighted by molar-refractivity contribution is -0.136. The molecule has 0 atom stereocenters. The molecular weight excluding hydrogens is 257 g/mol. The molecule has 0 spiro atoms. The minimum absolute atomic E-state index is 0.0183. The highest BCUT2D eigenvalue weighted by molar-refractivity contribution is 5.79. The van der Waals surface area contributed by atoms with Gasteiger partial charge in [0.05, 0.1) is 16.6 Å². The van der Waals surface area contributed by atoms with Crippen LogP contribution in [-0.2, 0) is 6.18 Å². The Morgan fingerprint density at radius 2 is 1.89 bits per heavy atom. The van der Waals surface area contributed by atoms with E-state index in [1.54, 1.807) is 6.07 Å². The fraction of sp³-hybridized carbons (Fsp3) is 0.462. The number of hydrogen-bond donors (Lipinski definition) is 1. The number of imidazole rings is 1. The van der Waals surface area contributed by atoms with Gasteiger partial charge in [-0.2, -0.15) is 13.2 Å². The van der Waals surface area contributed by atoms with Gasteiger partial charge in [-0.3, -0.25) is 4.57 Å². The molecule has 3 rings (SSSR count). The molecule has 3 nitrogen and oxygen atoms in total. The Hall–Kier alpha value is -1.72. The maximum absolute atomic E-state index is 12.9. The number of rotatable bonds is 1. The van der Waals surface area contributed by atoms with Crippen molar-refractivity contribution in [3.8, 4) is 0 Å². The highest BCUT2D eigenvalue weighted by atomic mass is 19.4. The molecule has 0 bridgehead atoms. The summed E-state index contributed by atoms with van der Waals surface area (Å²) in [5.41, 5.74) is -0.976. The number of halogens is 3. The number of nitrogens with zero attached hydrogens (tertiary/aromatic N) is 1. The maximum Gasteiger partial charge on any atom is 0.418 e. The monoisotopic (exact) mass is 270 g/mol. The fourth-order valence-corrected chi connectivity index (χ4v) is 2.91. The van der Waals surface area contributed by atoms with Crippen LogP contribution in [0.4, 0.5) is 13.2 Å². The molecule has 1 fully saturated rings. The summed E-state index contributed by atoms with van der Waals surface area (Å²) in [6, 6.07) is 3.94. The van der Waals surface area contributed by atoms with Gasteiger partial charge in [-0.25, -0.2) is 4.79 Å². The van der Waals surface area contributed by atoms with Crippen LogP contribution in [0.1, 0.15) is 37.3 Å². The van der Waals surface area contributed by atoms with Crippen LogP contribution in [-0.4, -0.2) is 9.55 Å². The highest BCUT2D eigenvalue weighted by Crippen LogP contribution is 2.36. The van der Waals surface area contributed by atoms with Gasteiger partial charge >= 0.3 is 11.9 Å². The Balaban J connectivity index is 2.25. The van der Waals surface area contributed by atoms with Gasteiger partial charge < -0.3 is 4.98 Å². The van der Waals surface area contributed by atoms with E-state index >= 15 is 0 Å². The van der Waals surface area contributed by atoms with Crippen molar-refractivity contribution in [3.05, 3.63) is 34.2 Å². The Kier molecular flexibility index (Phi) is 2.69. The summed E-state index contributed by atoms with van der Waals surface area (Å²) >= 11 is 0. The molecular formula is C13H13F3N2O. The number of benzene rings is 1. The maximum atomic E-state index is 12.9. The molecule has 1 N–H and O–H groups in total. The van der Waals surface area contributed by atoms with E-state index < -0.39 is 17.4 Å². The predicted molar refractivity (Wildman–Crippen MR) is 65.1 cm³/mol. The van der Waals surface area contributed by atoms with Crippen molar-refractivity contribution in [2.45, 2.75) is 37.9 Å². The number of nitrogens with one attached hydrogen (secondary N) is 1. The van der Waals surface area contributed by atoms with Gasteiger partial charge in [-0.1, -0.05) is 18.9 Å². The highest BCUT2D eigenvalue weighted by Gasteiger charge is 2.34. The van der Waals surface area contributed by atoms with Crippen molar-refractivity contribution in [3.63, 3.8) is 0 Å². The average Bonchev–Trinajstić information content (AvgIpc) is 2.92. The largest absolute Gasteiger partial charge is 0.418 e. The molecule has 0 radical (unpaired) electrons. The Morgan fingerprint density at radius 3 is 2.53 bits per heavy atom. The lowest BCUT2D eigenvalue weighted by atomic mass is 10.1. The number of H-pyrrole nitrogens is 1. The average molecular weight is 270 g/mol. The lowest BCUT2D eigenvalue weighted by Crippen LogP contribution is -2.20. The summed E-state index contributed by atoms with van der Waals surface area (Å²) in [5.74, 6) is 0. The number of aromatic nitrogens is 2. The molecule has 102 valence electrons. The van der Waals surface area contributed by atoms with Gasteiger partial charge in [0.15, 0.2) is 0 Å². The second-order valence-corrected chi connectivity index (χ2v) is 4.94. The van der Waals surface area contributed by atoms with Crippen LogP contribution in [0.3, 0.4) is 0 Å². The van der Waals surface area contributed by atoms with Crippen LogP contribution in [0.2, 0.25) is 0 Å². The summed E-state index contributed by atoms with van der Waals surface area (Å²) < 4.78 is 40.2.